The van der Waals surface area contributed by atoms with Gasteiger partial charge in [0.15, 0.2) is 0 Å². The van der Waals surface area contributed by atoms with Crippen molar-refractivity contribution in [2.45, 2.75) is 11.7 Å². The van der Waals surface area contributed by atoms with Crippen LogP contribution in [0.4, 0.5) is 15.8 Å². The molecule has 22 heavy (non-hydrogen) atoms. The fourth-order valence-electron chi connectivity index (χ4n) is 2.90. The van der Waals surface area contributed by atoms with Gasteiger partial charge in [0.1, 0.15) is 11.9 Å². The number of rotatable bonds is 2. The molecule has 1 amide bonds. The normalized spacial score (nSPS) is 25.0. The first-order valence-corrected chi connectivity index (χ1v) is 6.56. The Balaban J connectivity index is 1.78. The molecule has 2 aliphatic rings. The zero-order valence-corrected chi connectivity index (χ0v) is 11.1. The molecule has 2 heterocycles. The molecule has 0 aromatic heterocycles. The van der Waals surface area contributed by atoms with Crippen LogP contribution in [0.1, 0.15) is 17.2 Å². The summed E-state index contributed by atoms with van der Waals surface area (Å²) >= 11 is 0. The molecule has 1 N–H and O–H groups in total. The lowest BCUT2D eigenvalue weighted by atomic mass is 9.93. The highest BCUT2D eigenvalue weighted by Crippen LogP contribution is 2.62. The maximum absolute atomic E-state index is 13.5. The standard InChI is InChI=1S/C15H9FN2O4/c16-9-4-5-12-11(7-9)15(14(19)17-12)13(22-15)8-2-1-3-10(6-8)18(20)21/h1-7,13H,(H,17,19). The van der Waals surface area contributed by atoms with Crippen molar-refractivity contribution in [2.75, 3.05) is 5.32 Å². The number of hydrogen-bond donors (Lipinski definition) is 1. The third-order valence-electron chi connectivity index (χ3n) is 3.97. The van der Waals surface area contributed by atoms with Gasteiger partial charge in [-0.2, -0.15) is 0 Å². The lowest BCUT2D eigenvalue weighted by molar-refractivity contribution is -0.384. The Labute approximate surface area is 123 Å². The fourth-order valence-corrected chi connectivity index (χ4v) is 2.90. The second-order valence-electron chi connectivity index (χ2n) is 5.23. The Hall–Kier alpha value is -2.80. The van der Waals surface area contributed by atoms with Gasteiger partial charge >= 0.3 is 0 Å². The number of nitro groups is 1. The zero-order chi connectivity index (χ0) is 15.5. The van der Waals surface area contributed by atoms with Crippen molar-refractivity contribution in [3.8, 4) is 0 Å². The van der Waals surface area contributed by atoms with Crippen molar-refractivity contribution >= 4 is 17.3 Å². The van der Waals surface area contributed by atoms with Crippen LogP contribution in [0, 0.1) is 15.9 Å². The van der Waals surface area contributed by atoms with Crippen LogP contribution >= 0.6 is 0 Å². The van der Waals surface area contributed by atoms with E-state index in [1.54, 1.807) is 6.07 Å². The molecule has 4 rings (SSSR count). The number of carbonyl (C=O) groups is 1. The first-order valence-electron chi connectivity index (χ1n) is 6.56. The van der Waals surface area contributed by atoms with Crippen molar-refractivity contribution in [3.63, 3.8) is 0 Å². The third kappa shape index (κ3) is 1.59. The number of benzene rings is 2. The van der Waals surface area contributed by atoms with E-state index in [4.69, 9.17) is 4.74 Å². The summed E-state index contributed by atoms with van der Waals surface area (Å²) in [6, 6.07) is 9.89. The minimum Gasteiger partial charge on any atom is -0.345 e. The molecule has 6 nitrogen and oxygen atoms in total. The second kappa shape index (κ2) is 4.11. The van der Waals surface area contributed by atoms with Gasteiger partial charge in [-0.1, -0.05) is 12.1 Å². The number of fused-ring (bicyclic) bond motifs is 2. The van der Waals surface area contributed by atoms with E-state index in [0.717, 1.165) is 0 Å². The van der Waals surface area contributed by atoms with Crippen LogP contribution in [0.15, 0.2) is 42.5 Å². The lowest BCUT2D eigenvalue weighted by Gasteiger charge is -2.03. The number of hydrogen-bond acceptors (Lipinski definition) is 4. The van der Waals surface area contributed by atoms with E-state index in [0.29, 0.717) is 16.8 Å². The van der Waals surface area contributed by atoms with Crippen LogP contribution in [-0.2, 0) is 15.1 Å². The molecule has 1 spiro atoms. The molecule has 2 aromatic rings. The lowest BCUT2D eigenvalue weighted by Crippen LogP contribution is -2.21. The van der Waals surface area contributed by atoms with Crippen molar-refractivity contribution in [1.82, 2.24) is 0 Å². The van der Waals surface area contributed by atoms with Crippen LogP contribution in [-0.4, -0.2) is 10.8 Å². The quantitative estimate of drug-likeness (QED) is 0.525. The van der Waals surface area contributed by atoms with Gasteiger partial charge in [-0.15, -0.1) is 0 Å². The fraction of sp³-hybridized carbons (Fsp3) is 0.133. The Bertz CT molecular complexity index is 838. The Morgan fingerprint density at radius 3 is 2.86 bits per heavy atom. The number of anilines is 1. The average Bonchev–Trinajstić information content (AvgIpc) is 3.19. The molecule has 0 bridgehead atoms. The van der Waals surface area contributed by atoms with Crippen LogP contribution < -0.4 is 5.32 Å². The smallest absolute Gasteiger partial charge is 0.269 e. The van der Waals surface area contributed by atoms with Crippen LogP contribution in [0.5, 0.6) is 0 Å². The number of amides is 1. The van der Waals surface area contributed by atoms with Gasteiger partial charge in [0.05, 0.1) is 4.92 Å². The van der Waals surface area contributed by atoms with Crippen LogP contribution in [0.3, 0.4) is 0 Å². The molecule has 0 saturated carbocycles. The molecule has 2 aliphatic heterocycles. The summed E-state index contributed by atoms with van der Waals surface area (Å²) in [6.07, 6.45) is -0.657. The van der Waals surface area contributed by atoms with E-state index in [-0.39, 0.29) is 11.6 Å². The molecule has 2 aromatic carbocycles. The minimum absolute atomic E-state index is 0.0824. The van der Waals surface area contributed by atoms with E-state index >= 15 is 0 Å². The van der Waals surface area contributed by atoms with Gasteiger partial charge < -0.3 is 10.1 Å². The highest BCUT2D eigenvalue weighted by molar-refractivity contribution is 6.07. The number of halogens is 1. The summed E-state index contributed by atoms with van der Waals surface area (Å²) in [6.45, 7) is 0. The van der Waals surface area contributed by atoms with E-state index in [1.165, 1.54) is 36.4 Å². The first kappa shape index (κ1) is 12.9. The number of carbonyl (C=O) groups excluding carboxylic acids is 1. The van der Waals surface area contributed by atoms with Crippen molar-refractivity contribution in [2.24, 2.45) is 0 Å². The number of ether oxygens (including phenoxy) is 1. The predicted octanol–water partition coefficient (Wildman–Crippen LogP) is 2.65. The zero-order valence-electron chi connectivity index (χ0n) is 11.1. The molecule has 110 valence electrons. The average molecular weight is 300 g/mol. The molecule has 1 fully saturated rings. The monoisotopic (exact) mass is 300 g/mol. The largest absolute Gasteiger partial charge is 0.345 e. The van der Waals surface area contributed by atoms with Crippen LogP contribution in [0.2, 0.25) is 0 Å². The number of nitrogens with zero attached hydrogens (tertiary/aromatic N) is 1. The van der Waals surface area contributed by atoms with Crippen molar-refractivity contribution < 1.29 is 18.8 Å². The van der Waals surface area contributed by atoms with Gasteiger partial charge in [0.2, 0.25) is 5.60 Å². The van der Waals surface area contributed by atoms with E-state index in [1.807, 2.05) is 0 Å². The summed E-state index contributed by atoms with van der Waals surface area (Å²) in [5.74, 6) is -0.854. The molecular formula is C15H9FN2O4. The highest BCUT2D eigenvalue weighted by atomic mass is 19.1. The predicted molar refractivity (Wildman–Crippen MR) is 73.6 cm³/mol. The number of non-ortho nitro benzene ring substituents is 1. The molecule has 7 heteroatoms. The number of nitrogens with one attached hydrogen (secondary N) is 1. The minimum atomic E-state index is -1.29. The number of nitro benzene ring substituents is 1. The highest BCUT2D eigenvalue weighted by Gasteiger charge is 2.68. The van der Waals surface area contributed by atoms with E-state index < -0.39 is 22.4 Å². The summed E-state index contributed by atoms with van der Waals surface area (Å²) < 4.78 is 19.1. The first-order chi connectivity index (χ1) is 10.5. The van der Waals surface area contributed by atoms with Crippen molar-refractivity contribution in [1.29, 1.82) is 0 Å². The Morgan fingerprint density at radius 1 is 1.27 bits per heavy atom. The summed E-state index contributed by atoms with van der Waals surface area (Å²) in [7, 11) is 0. The molecule has 0 aliphatic carbocycles. The second-order valence-corrected chi connectivity index (χ2v) is 5.23. The van der Waals surface area contributed by atoms with E-state index in [2.05, 4.69) is 5.32 Å². The van der Waals surface area contributed by atoms with Gasteiger partial charge in [-0.25, -0.2) is 4.39 Å². The maximum atomic E-state index is 13.5. The molecular weight excluding hydrogens is 291 g/mol. The third-order valence-corrected chi connectivity index (χ3v) is 3.97. The summed E-state index contributed by atoms with van der Waals surface area (Å²) in [5, 5.41) is 13.5. The summed E-state index contributed by atoms with van der Waals surface area (Å²) in [5.41, 5.74) is 0.0722. The van der Waals surface area contributed by atoms with E-state index in [9.17, 15) is 19.3 Å². The van der Waals surface area contributed by atoms with Gasteiger partial charge in [0.25, 0.3) is 11.6 Å². The number of epoxide rings is 1. The van der Waals surface area contributed by atoms with Gasteiger partial charge in [-0.05, 0) is 23.8 Å². The van der Waals surface area contributed by atoms with Gasteiger partial charge in [-0.3, -0.25) is 14.9 Å². The maximum Gasteiger partial charge on any atom is 0.269 e. The van der Waals surface area contributed by atoms with Crippen molar-refractivity contribution in [3.05, 3.63) is 69.5 Å². The molecule has 2 unspecified atom stereocenters. The SMILES string of the molecule is O=C1Nc2ccc(F)cc2C12OC2c1cccc([N+](=O)[O-])c1. The summed E-state index contributed by atoms with van der Waals surface area (Å²) in [4.78, 5) is 22.6. The molecule has 0 radical (unpaired) electrons. The molecule has 2 atom stereocenters. The molecule has 1 saturated heterocycles. The Morgan fingerprint density at radius 2 is 2.09 bits per heavy atom. The van der Waals surface area contributed by atoms with Crippen LogP contribution in [0.25, 0.3) is 0 Å². The topological polar surface area (TPSA) is 84.8 Å². The Kier molecular flexibility index (Phi) is 2.41. The van der Waals surface area contributed by atoms with Gasteiger partial charge in [0, 0.05) is 23.4 Å².